The first-order valence-electron chi connectivity index (χ1n) is 8.63. The summed E-state index contributed by atoms with van der Waals surface area (Å²) in [6, 6.07) is 10.1. The van der Waals surface area contributed by atoms with Gasteiger partial charge in [-0.3, -0.25) is 4.79 Å². The number of hydrogen-bond acceptors (Lipinski definition) is 5. The minimum absolute atomic E-state index is 0.0108. The number of cyclic esters (lactones) is 1. The van der Waals surface area contributed by atoms with Crippen LogP contribution in [-0.2, 0) is 25.6 Å². The van der Waals surface area contributed by atoms with E-state index < -0.39 is 17.6 Å². The number of esters is 1. The highest BCUT2D eigenvalue weighted by Crippen LogP contribution is 2.37. The Kier molecular flexibility index (Phi) is 5.23. The third-order valence-corrected chi connectivity index (χ3v) is 4.98. The van der Waals surface area contributed by atoms with Crippen LogP contribution in [0.4, 0.5) is 0 Å². The molecule has 2 saturated heterocycles. The van der Waals surface area contributed by atoms with Gasteiger partial charge in [0, 0.05) is 6.42 Å². The Labute approximate surface area is 142 Å². The van der Waals surface area contributed by atoms with Crippen molar-refractivity contribution in [2.24, 2.45) is 5.41 Å². The molecule has 1 aromatic rings. The fourth-order valence-electron chi connectivity index (χ4n) is 3.33. The molecule has 2 heterocycles. The van der Waals surface area contributed by atoms with E-state index >= 15 is 0 Å². The summed E-state index contributed by atoms with van der Waals surface area (Å²) in [5, 5.41) is 10.3. The normalized spacial score (nSPS) is 32.0. The minimum Gasteiger partial charge on any atom is -0.459 e. The van der Waals surface area contributed by atoms with Crippen LogP contribution in [0.5, 0.6) is 0 Å². The summed E-state index contributed by atoms with van der Waals surface area (Å²) in [7, 11) is 0. The SMILES string of the molecule is CC1(C)C(=O)O[C@@H](C[C@@H]2CC[C@@H](COCc3ccccc3)O2)[C@H]1O. The van der Waals surface area contributed by atoms with Gasteiger partial charge in [0.25, 0.3) is 0 Å². The molecule has 1 N–H and O–H groups in total. The number of aliphatic hydroxyl groups excluding tert-OH is 1. The second kappa shape index (κ2) is 7.21. The monoisotopic (exact) mass is 334 g/mol. The van der Waals surface area contributed by atoms with Crippen molar-refractivity contribution in [2.45, 2.75) is 64.1 Å². The molecule has 5 heteroatoms. The number of rotatable bonds is 6. The lowest BCUT2D eigenvalue weighted by molar-refractivity contribution is -0.148. The maximum absolute atomic E-state index is 11.8. The largest absolute Gasteiger partial charge is 0.459 e. The summed E-state index contributed by atoms with van der Waals surface area (Å²) in [6.07, 6.45) is 1.22. The third-order valence-electron chi connectivity index (χ3n) is 4.98. The average Bonchev–Trinajstić information content (AvgIpc) is 3.08. The van der Waals surface area contributed by atoms with Crippen LogP contribution in [0.2, 0.25) is 0 Å². The molecule has 1 aromatic carbocycles. The van der Waals surface area contributed by atoms with E-state index in [0.717, 1.165) is 18.4 Å². The molecule has 2 aliphatic rings. The van der Waals surface area contributed by atoms with E-state index in [2.05, 4.69) is 0 Å². The smallest absolute Gasteiger partial charge is 0.314 e. The van der Waals surface area contributed by atoms with Crippen molar-refractivity contribution < 1.29 is 24.1 Å². The number of aliphatic hydroxyl groups is 1. The maximum Gasteiger partial charge on any atom is 0.314 e. The number of hydrogen-bond donors (Lipinski definition) is 1. The molecule has 0 amide bonds. The zero-order valence-corrected chi connectivity index (χ0v) is 14.3. The van der Waals surface area contributed by atoms with Gasteiger partial charge < -0.3 is 19.3 Å². The third kappa shape index (κ3) is 3.79. The van der Waals surface area contributed by atoms with Gasteiger partial charge in [0.15, 0.2) is 0 Å². The second-order valence-electron chi connectivity index (χ2n) is 7.30. The zero-order chi connectivity index (χ0) is 17.2. The van der Waals surface area contributed by atoms with Crippen LogP contribution in [0.3, 0.4) is 0 Å². The molecule has 0 unspecified atom stereocenters. The van der Waals surface area contributed by atoms with E-state index in [1.165, 1.54) is 0 Å². The molecule has 0 bridgehead atoms. The van der Waals surface area contributed by atoms with Gasteiger partial charge in [0.2, 0.25) is 0 Å². The lowest BCUT2D eigenvalue weighted by Gasteiger charge is -2.22. The van der Waals surface area contributed by atoms with Crippen molar-refractivity contribution in [1.82, 2.24) is 0 Å². The van der Waals surface area contributed by atoms with Crippen molar-refractivity contribution in [1.29, 1.82) is 0 Å². The standard InChI is InChI=1S/C19H26O5/c1-19(2)17(20)16(24-18(19)21)10-14-8-9-15(23-14)12-22-11-13-6-4-3-5-7-13/h3-7,14-17,20H,8-12H2,1-2H3/t14-,15-,16-,17+/m0/s1. The molecular weight excluding hydrogens is 308 g/mol. The Morgan fingerprint density at radius 2 is 1.92 bits per heavy atom. The average molecular weight is 334 g/mol. The van der Waals surface area contributed by atoms with E-state index in [0.29, 0.717) is 19.6 Å². The summed E-state index contributed by atoms with van der Waals surface area (Å²) in [5.74, 6) is -0.333. The highest BCUT2D eigenvalue weighted by atomic mass is 16.6. The van der Waals surface area contributed by atoms with Gasteiger partial charge in [-0.1, -0.05) is 30.3 Å². The first-order valence-corrected chi connectivity index (χ1v) is 8.63. The van der Waals surface area contributed by atoms with Crippen LogP contribution < -0.4 is 0 Å². The van der Waals surface area contributed by atoms with Crippen molar-refractivity contribution in [3.63, 3.8) is 0 Å². The fourth-order valence-corrected chi connectivity index (χ4v) is 3.33. The van der Waals surface area contributed by atoms with Crippen LogP contribution in [0.15, 0.2) is 30.3 Å². The van der Waals surface area contributed by atoms with Crippen LogP contribution in [0.25, 0.3) is 0 Å². The van der Waals surface area contributed by atoms with Crippen LogP contribution in [0, 0.1) is 5.41 Å². The molecule has 132 valence electrons. The Hall–Kier alpha value is -1.43. The van der Waals surface area contributed by atoms with Crippen LogP contribution in [-0.4, -0.2) is 42.1 Å². The maximum atomic E-state index is 11.8. The Morgan fingerprint density at radius 3 is 2.58 bits per heavy atom. The van der Waals surface area contributed by atoms with Crippen molar-refractivity contribution >= 4 is 5.97 Å². The van der Waals surface area contributed by atoms with E-state index in [9.17, 15) is 9.90 Å². The lowest BCUT2D eigenvalue weighted by Crippen LogP contribution is -2.35. The second-order valence-corrected chi connectivity index (χ2v) is 7.30. The number of carbonyl (C=O) groups excluding carboxylic acids is 1. The van der Waals surface area contributed by atoms with E-state index in [1.807, 2.05) is 30.3 Å². The molecule has 0 spiro atoms. The van der Waals surface area contributed by atoms with E-state index in [1.54, 1.807) is 13.8 Å². The topological polar surface area (TPSA) is 65.0 Å². The van der Waals surface area contributed by atoms with E-state index in [-0.39, 0.29) is 18.2 Å². The first-order chi connectivity index (χ1) is 11.5. The summed E-state index contributed by atoms with van der Waals surface area (Å²) < 4.78 is 17.0. The predicted molar refractivity (Wildman–Crippen MR) is 88.3 cm³/mol. The summed E-state index contributed by atoms with van der Waals surface area (Å²) in [4.78, 5) is 11.8. The number of ether oxygens (including phenoxy) is 3. The van der Waals surface area contributed by atoms with Gasteiger partial charge in [-0.15, -0.1) is 0 Å². The van der Waals surface area contributed by atoms with Gasteiger partial charge in [-0.05, 0) is 32.3 Å². The molecule has 2 aliphatic heterocycles. The van der Waals surface area contributed by atoms with E-state index in [4.69, 9.17) is 14.2 Å². The Morgan fingerprint density at radius 1 is 1.21 bits per heavy atom. The van der Waals surface area contributed by atoms with Gasteiger partial charge in [-0.25, -0.2) is 0 Å². The molecule has 3 rings (SSSR count). The Bertz CT molecular complexity index is 556. The molecule has 2 fully saturated rings. The molecule has 5 nitrogen and oxygen atoms in total. The number of benzene rings is 1. The molecule has 0 saturated carbocycles. The quantitative estimate of drug-likeness (QED) is 0.810. The van der Waals surface area contributed by atoms with Gasteiger partial charge in [0.1, 0.15) is 12.2 Å². The minimum atomic E-state index is -0.832. The van der Waals surface area contributed by atoms with Crippen molar-refractivity contribution in [3.8, 4) is 0 Å². The van der Waals surface area contributed by atoms with Gasteiger partial charge >= 0.3 is 5.97 Å². The zero-order valence-electron chi connectivity index (χ0n) is 14.3. The molecule has 0 aromatic heterocycles. The summed E-state index contributed by atoms with van der Waals surface area (Å²) >= 11 is 0. The van der Waals surface area contributed by atoms with Gasteiger partial charge in [-0.2, -0.15) is 0 Å². The first kappa shape index (κ1) is 17.4. The highest BCUT2D eigenvalue weighted by Gasteiger charge is 2.51. The molecule has 0 radical (unpaired) electrons. The molecule has 4 atom stereocenters. The van der Waals surface area contributed by atoms with Crippen LogP contribution in [0.1, 0.15) is 38.7 Å². The molecule has 24 heavy (non-hydrogen) atoms. The Balaban J connectivity index is 1.40. The highest BCUT2D eigenvalue weighted by molar-refractivity contribution is 5.79. The fraction of sp³-hybridized carbons (Fsp3) is 0.632. The van der Waals surface area contributed by atoms with Gasteiger partial charge in [0.05, 0.1) is 30.8 Å². The predicted octanol–water partition coefficient (Wildman–Crippen LogP) is 2.45. The summed E-state index contributed by atoms with van der Waals surface area (Å²) in [5.41, 5.74) is 0.317. The number of carbonyl (C=O) groups is 1. The lowest BCUT2D eigenvalue weighted by atomic mass is 9.85. The molecular formula is C19H26O5. The molecule has 0 aliphatic carbocycles. The van der Waals surface area contributed by atoms with Crippen molar-refractivity contribution in [3.05, 3.63) is 35.9 Å². The van der Waals surface area contributed by atoms with Crippen molar-refractivity contribution in [2.75, 3.05) is 6.61 Å². The van der Waals surface area contributed by atoms with Crippen LogP contribution >= 0.6 is 0 Å². The summed E-state index contributed by atoms with van der Waals surface area (Å²) in [6.45, 7) is 4.58.